The molecule has 0 aliphatic heterocycles. The van der Waals surface area contributed by atoms with Crippen molar-refractivity contribution >= 4 is 23.3 Å². The fraction of sp³-hybridized carbons (Fsp3) is 0. The number of rotatable bonds is 4. The first kappa shape index (κ1) is 14.7. The monoisotopic (exact) mass is 311 g/mol. The Morgan fingerprint density at radius 3 is 2.43 bits per heavy atom. The van der Waals surface area contributed by atoms with Crippen molar-refractivity contribution in [3.63, 3.8) is 0 Å². The molecule has 0 aliphatic rings. The second-order valence-electron chi connectivity index (χ2n) is 3.92. The molecule has 2 aromatic carbocycles. The quantitative estimate of drug-likeness (QED) is 0.683. The minimum Gasteiger partial charge on any atom is -0.478 e. The molecule has 0 aromatic heterocycles. The van der Waals surface area contributed by atoms with Gasteiger partial charge in [0, 0.05) is 12.1 Å². The van der Waals surface area contributed by atoms with Gasteiger partial charge in [-0.05, 0) is 24.3 Å². The molecule has 21 heavy (non-hydrogen) atoms. The Bertz CT molecular complexity index is 717. The molecular weight excluding hydrogens is 305 g/mol. The molecule has 0 radical (unpaired) electrons. The smallest absolute Gasteiger partial charge is 0.339 e. The van der Waals surface area contributed by atoms with E-state index < -0.39 is 28.0 Å². The van der Waals surface area contributed by atoms with E-state index in [-0.39, 0.29) is 16.5 Å². The van der Waals surface area contributed by atoms with Gasteiger partial charge in [0.1, 0.15) is 17.1 Å². The molecule has 0 bridgehead atoms. The SMILES string of the molecule is O=C(O)c1cc([N+](=O)[O-])cc(Cl)c1Oc1ccc(F)cc1. The molecule has 108 valence electrons. The lowest BCUT2D eigenvalue weighted by molar-refractivity contribution is -0.384. The van der Waals surface area contributed by atoms with Crippen molar-refractivity contribution in [3.8, 4) is 11.5 Å². The van der Waals surface area contributed by atoms with E-state index in [1.165, 1.54) is 12.1 Å². The number of ether oxygens (including phenoxy) is 1. The molecule has 0 fully saturated rings. The van der Waals surface area contributed by atoms with E-state index >= 15 is 0 Å². The Kier molecular flexibility index (Phi) is 4.04. The number of nitrogens with zero attached hydrogens (tertiary/aromatic N) is 1. The number of halogens is 2. The molecule has 0 heterocycles. The van der Waals surface area contributed by atoms with Crippen LogP contribution in [0.25, 0.3) is 0 Å². The lowest BCUT2D eigenvalue weighted by Crippen LogP contribution is -2.02. The lowest BCUT2D eigenvalue weighted by atomic mass is 10.1. The maximum Gasteiger partial charge on any atom is 0.339 e. The normalized spacial score (nSPS) is 10.2. The number of carboxylic acids is 1. The zero-order chi connectivity index (χ0) is 15.6. The number of benzene rings is 2. The second-order valence-corrected chi connectivity index (χ2v) is 4.33. The Morgan fingerprint density at radius 2 is 1.90 bits per heavy atom. The zero-order valence-electron chi connectivity index (χ0n) is 10.2. The Morgan fingerprint density at radius 1 is 1.29 bits per heavy atom. The van der Waals surface area contributed by atoms with Crippen LogP contribution in [0.2, 0.25) is 5.02 Å². The highest BCUT2D eigenvalue weighted by Crippen LogP contribution is 2.36. The van der Waals surface area contributed by atoms with Gasteiger partial charge in [-0.1, -0.05) is 11.6 Å². The van der Waals surface area contributed by atoms with Crippen LogP contribution in [0.15, 0.2) is 36.4 Å². The fourth-order valence-corrected chi connectivity index (χ4v) is 1.82. The summed E-state index contributed by atoms with van der Waals surface area (Å²) in [6, 6.07) is 6.61. The third-order valence-electron chi connectivity index (χ3n) is 2.50. The van der Waals surface area contributed by atoms with Gasteiger partial charge in [-0.2, -0.15) is 0 Å². The van der Waals surface area contributed by atoms with Crippen molar-refractivity contribution in [1.29, 1.82) is 0 Å². The molecule has 6 nitrogen and oxygen atoms in total. The third kappa shape index (κ3) is 3.26. The highest BCUT2D eigenvalue weighted by atomic mass is 35.5. The van der Waals surface area contributed by atoms with E-state index in [9.17, 15) is 19.3 Å². The standard InChI is InChI=1S/C13H7ClFNO5/c14-11-6-8(16(19)20)5-10(13(17)18)12(11)21-9-3-1-7(15)2-4-9/h1-6H,(H,17,18). The van der Waals surface area contributed by atoms with Gasteiger partial charge < -0.3 is 9.84 Å². The summed E-state index contributed by atoms with van der Waals surface area (Å²) in [5, 5.41) is 19.6. The van der Waals surface area contributed by atoms with E-state index in [0.29, 0.717) is 0 Å². The summed E-state index contributed by atoms with van der Waals surface area (Å²) < 4.78 is 18.1. The molecule has 0 unspecified atom stereocenters. The molecule has 2 rings (SSSR count). The molecule has 0 saturated carbocycles. The molecule has 0 spiro atoms. The number of nitro benzene ring substituents is 1. The van der Waals surface area contributed by atoms with Crippen LogP contribution in [0.4, 0.5) is 10.1 Å². The molecule has 0 atom stereocenters. The van der Waals surface area contributed by atoms with Crippen LogP contribution in [0.5, 0.6) is 11.5 Å². The predicted molar refractivity (Wildman–Crippen MR) is 71.5 cm³/mol. The van der Waals surface area contributed by atoms with E-state index in [2.05, 4.69) is 0 Å². The van der Waals surface area contributed by atoms with Crippen LogP contribution in [-0.4, -0.2) is 16.0 Å². The number of hydrogen-bond donors (Lipinski definition) is 1. The Labute approximate surface area is 122 Å². The second kappa shape index (κ2) is 5.76. The Balaban J connectivity index is 2.49. The Hall–Kier alpha value is -2.67. The van der Waals surface area contributed by atoms with Gasteiger partial charge in [0.15, 0.2) is 5.75 Å². The van der Waals surface area contributed by atoms with Crippen molar-refractivity contribution in [2.45, 2.75) is 0 Å². The van der Waals surface area contributed by atoms with Crippen molar-refractivity contribution in [2.75, 3.05) is 0 Å². The highest BCUT2D eigenvalue weighted by molar-refractivity contribution is 6.33. The summed E-state index contributed by atoms with van der Waals surface area (Å²) in [5.74, 6) is -2.02. The number of carbonyl (C=O) groups is 1. The van der Waals surface area contributed by atoms with E-state index in [1.807, 2.05) is 0 Å². The van der Waals surface area contributed by atoms with Crippen molar-refractivity contribution < 1.29 is 24.0 Å². The molecule has 1 N–H and O–H groups in total. The van der Waals surface area contributed by atoms with Gasteiger partial charge >= 0.3 is 5.97 Å². The molecule has 0 aliphatic carbocycles. The van der Waals surface area contributed by atoms with Gasteiger partial charge in [0.2, 0.25) is 0 Å². The summed E-state index contributed by atoms with van der Waals surface area (Å²) in [5.41, 5.74) is -0.928. The molecule has 0 saturated heterocycles. The first-order valence-electron chi connectivity index (χ1n) is 5.53. The molecular formula is C13H7ClFNO5. The van der Waals surface area contributed by atoms with Crippen molar-refractivity contribution in [2.24, 2.45) is 0 Å². The summed E-state index contributed by atoms with van der Waals surface area (Å²) in [6.07, 6.45) is 0. The van der Waals surface area contributed by atoms with Crippen LogP contribution in [0.3, 0.4) is 0 Å². The summed E-state index contributed by atoms with van der Waals surface area (Å²) >= 11 is 5.84. The first-order valence-corrected chi connectivity index (χ1v) is 5.91. The first-order chi connectivity index (χ1) is 9.88. The maximum atomic E-state index is 12.8. The van der Waals surface area contributed by atoms with Crippen LogP contribution in [-0.2, 0) is 0 Å². The van der Waals surface area contributed by atoms with Gasteiger partial charge in [-0.3, -0.25) is 10.1 Å². The predicted octanol–water partition coefficient (Wildman–Crippen LogP) is 3.88. The zero-order valence-corrected chi connectivity index (χ0v) is 11.0. The maximum absolute atomic E-state index is 12.8. The molecule has 0 amide bonds. The number of non-ortho nitro benzene ring substituents is 1. The third-order valence-corrected chi connectivity index (χ3v) is 2.78. The fourth-order valence-electron chi connectivity index (χ4n) is 1.57. The van der Waals surface area contributed by atoms with Gasteiger partial charge in [0.05, 0.1) is 9.95 Å². The van der Waals surface area contributed by atoms with E-state index in [4.69, 9.17) is 21.4 Å². The summed E-state index contributed by atoms with van der Waals surface area (Å²) in [4.78, 5) is 21.1. The highest BCUT2D eigenvalue weighted by Gasteiger charge is 2.22. The van der Waals surface area contributed by atoms with Crippen LogP contribution in [0, 0.1) is 15.9 Å². The minimum atomic E-state index is -1.43. The van der Waals surface area contributed by atoms with Crippen LogP contribution >= 0.6 is 11.6 Å². The molecule has 2 aromatic rings. The van der Waals surface area contributed by atoms with Crippen molar-refractivity contribution in [3.05, 3.63) is 62.9 Å². The number of nitro groups is 1. The van der Waals surface area contributed by atoms with E-state index in [0.717, 1.165) is 24.3 Å². The molecule has 8 heteroatoms. The number of hydrogen-bond acceptors (Lipinski definition) is 4. The average Bonchev–Trinajstić information content (AvgIpc) is 2.42. The van der Waals surface area contributed by atoms with Gasteiger partial charge in [-0.15, -0.1) is 0 Å². The van der Waals surface area contributed by atoms with Crippen LogP contribution < -0.4 is 4.74 Å². The summed E-state index contributed by atoms with van der Waals surface area (Å²) in [6.45, 7) is 0. The lowest BCUT2D eigenvalue weighted by Gasteiger charge is -2.10. The average molecular weight is 312 g/mol. The number of aromatic carboxylic acids is 1. The van der Waals surface area contributed by atoms with Gasteiger partial charge in [-0.25, -0.2) is 9.18 Å². The number of carboxylic acid groups (broad SMARTS) is 1. The largest absolute Gasteiger partial charge is 0.478 e. The van der Waals surface area contributed by atoms with Crippen molar-refractivity contribution in [1.82, 2.24) is 0 Å². The minimum absolute atomic E-state index is 0.148. The topological polar surface area (TPSA) is 89.7 Å². The van der Waals surface area contributed by atoms with E-state index in [1.54, 1.807) is 0 Å². The van der Waals surface area contributed by atoms with Crippen LogP contribution in [0.1, 0.15) is 10.4 Å². The summed E-state index contributed by atoms with van der Waals surface area (Å²) in [7, 11) is 0. The van der Waals surface area contributed by atoms with Gasteiger partial charge in [0.25, 0.3) is 5.69 Å².